The molecule has 0 atom stereocenters. The fourth-order valence-corrected chi connectivity index (χ4v) is 4.10. The largest absolute Gasteiger partial charge is 0.360 e. The van der Waals surface area contributed by atoms with Crippen LogP contribution in [0.4, 0.5) is 5.82 Å². The second-order valence-corrected chi connectivity index (χ2v) is 8.55. The van der Waals surface area contributed by atoms with Crippen LogP contribution in [0.1, 0.15) is 22.7 Å². The third-order valence-corrected chi connectivity index (χ3v) is 6.07. The Kier molecular flexibility index (Phi) is 6.42. The molecule has 0 spiro atoms. The van der Waals surface area contributed by atoms with Crippen molar-refractivity contribution in [2.45, 2.75) is 32.3 Å². The topological polar surface area (TPSA) is 122 Å². The second-order valence-electron chi connectivity index (χ2n) is 7.78. The quantitative estimate of drug-likeness (QED) is 0.541. The van der Waals surface area contributed by atoms with Crippen LogP contribution in [0.5, 0.6) is 0 Å². The Bertz CT molecular complexity index is 1150. The summed E-state index contributed by atoms with van der Waals surface area (Å²) >= 11 is 1.46. The molecular formula is C20H26N8O3S. The van der Waals surface area contributed by atoms with Gasteiger partial charge >= 0.3 is 0 Å². The number of fused-ring (bicyclic) bond motifs is 1. The molecule has 0 radical (unpaired) electrons. The van der Waals surface area contributed by atoms with E-state index in [1.807, 2.05) is 29.9 Å². The number of thioether (sulfide) groups is 1. The van der Waals surface area contributed by atoms with Crippen LogP contribution in [-0.4, -0.2) is 85.3 Å². The maximum absolute atomic E-state index is 13.0. The van der Waals surface area contributed by atoms with E-state index in [0.29, 0.717) is 48.7 Å². The number of anilines is 1. The zero-order valence-electron chi connectivity index (χ0n) is 18.6. The van der Waals surface area contributed by atoms with E-state index in [0.717, 1.165) is 17.0 Å². The van der Waals surface area contributed by atoms with Crippen molar-refractivity contribution in [3.05, 3.63) is 28.8 Å². The van der Waals surface area contributed by atoms with E-state index in [9.17, 15) is 9.59 Å². The summed E-state index contributed by atoms with van der Waals surface area (Å²) in [4.78, 5) is 38.0. The number of aryl methyl sites for hydroxylation is 3. The lowest BCUT2D eigenvalue weighted by atomic mass is 10.1. The van der Waals surface area contributed by atoms with Gasteiger partial charge in [0.1, 0.15) is 5.76 Å². The molecule has 1 aliphatic heterocycles. The zero-order valence-corrected chi connectivity index (χ0v) is 19.4. The van der Waals surface area contributed by atoms with E-state index in [1.54, 1.807) is 17.5 Å². The summed E-state index contributed by atoms with van der Waals surface area (Å²) in [7, 11) is 0. The predicted molar refractivity (Wildman–Crippen MR) is 119 cm³/mol. The molecule has 1 fully saturated rings. The van der Waals surface area contributed by atoms with Crippen LogP contribution in [0.25, 0.3) is 5.78 Å². The maximum atomic E-state index is 13.0. The molecule has 2 amide bonds. The number of piperazine rings is 1. The lowest BCUT2D eigenvalue weighted by Gasteiger charge is -2.34. The second kappa shape index (κ2) is 9.25. The van der Waals surface area contributed by atoms with Crippen molar-refractivity contribution < 1.29 is 14.1 Å². The van der Waals surface area contributed by atoms with Gasteiger partial charge in [-0.1, -0.05) is 16.9 Å². The van der Waals surface area contributed by atoms with Crippen LogP contribution >= 0.6 is 11.8 Å². The molecule has 0 aliphatic carbocycles. The Morgan fingerprint density at radius 3 is 2.56 bits per heavy atom. The van der Waals surface area contributed by atoms with Crippen LogP contribution in [0, 0.1) is 20.8 Å². The van der Waals surface area contributed by atoms with Crippen molar-refractivity contribution in [2.75, 3.05) is 44.3 Å². The minimum atomic E-state index is -0.152. The maximum Gasteiger partial charge on any atom is 0.253 e. The van der Waals surface area contributed by atoms with E-state index in [4.69, 9.17) is 4.52 Å². The summed E-state index contributed by atoms with van der Waals surface area (Å²) in [6.07, 6.45) is 2.18. The lowest BCUT2D eigenvalue weighted by molar-refractivity contribution is -0.132. The first kappa shape index (κ1) is 22.2. The monoisotopic (exact) mass is 458 g/mol. The Labute approximate surface area is 189 Å². The van der Waals surface area contributed by atoms with Crippen molar-refractivity contribution in [3.8, 4) is 0 Å². The van der Waals surface area contributed by atoms with Crippen LogP contribution in [0.2, 0.25) is 0 Å². The smallest absolute Gasteiger partial charge is 0.253 e. The van der Waals surface area contributed by atoms with Crippen LogP contribution in [-0.2, 0) is 16.0 Å². The highest BCUT2D eigenvalue weighted by Crippen LogP contribution is 2.18. The zero-order chi connectivity index (χ0) is 22.8. The molecule has 4 heterocycles. The van der Waals surface area contributed by atoms with Crippen LogP contribution in [0.3, 0.4) is 0 Å². The fourth-order valence-electron chi connectivity index (χ4n) is 3.76. The van der Waals surface area contributed by atoms with Gasteiger partial charge < -0.3 is 14.7 Å². The minimum Gasteiger partial charge on any atom is -0.360 e. The molecule has 3 aromatic heterocycles. The van der Waals surface area contributed by atoms with Gasteiger partial charge in [-0.15, -0.1) is 5.10 Å². The number of hydrogen-bond acceptors (Lipinski definition) is 9. The Hall–Kier alpha value is -2.99. The minimum absolute atomic E-state index is 0.0460. The van der Waals surface area contributed by atoms with E-state index in [2.05, 4.69) is 25.5 Å². The highest BCUT2D eigenvalue weighted by atomic mass is 32.2. The molecule has 11 nitrogen and oxygen atoms in total. The van der Waals surface area contributed by atoms with Gasteiger partial charge in [-0.2, -0.15) is 4.98 Å². The number of carbonyl (C=O) groups is 2. The lowest BCUT2D eigenvalue weighted by Crippen LogP contribution is -2.50. The van der Waals surface area contributed by atoms with Crippen molar-refractivity contribution in [2.24, 2.45) is 0 Å². The number of nitrogens with zero attached hydrogens (tertiary/aromatic N) is 7. The average molecular weight is 459 g/mol. The van der Waals surface area contributed by atoms with Crippen LogP contribution < -0.4 is 5.32 Å². The molecule has 0 unspecified atom stereocenters. The summed E-state index contributed by atoms with van der Waals surface area (Å²) in [5.41, 5.74) is 2.55. The Morgan fingerprint density at radius 1 is 1.16 bits per heavy atom. The highest BCUT2D eigenvalue weighted by Gasteiger charge is 2.24. The van der Waals surface area contributed by atoms with Gasteiger partial charge in [0.05, 0.1) is 13.0 Å². The number of hydrogen-bond donors (Lipinski definition) is 1. The third kappa shape index (κ3) is 4.75. The molecule has 170 valence electrons. The van der Waals surface area contributed by atoms with Gasteiger partial charge in [-0.3, -0.25) is 14.5 Å². The van der Waals surface area contributed by atoms with Gasteiger partial charge in [0.2, 0.25) is 17.0 Å². The summed E-state index contributed by atoms with van der Waals surface area (Å²) in [5, 5.41) is 11.6. The van der Waals surface area contributed by atoms with E-state index in [1.165, 1.54) is 11.8 Å². The molecule has 3 aromatic rings. The number of rotatable bonds is 6. The number of nitrogens with one attached hydrogen (secondary N) is 1. The summed E-state index contributed by atoms with van der Waals surface area (Å²) in [6.45, 7) is 8.26. The summed E-state index contributed by atoms with van der Waals surface area (Å²) < 4.78 is 6.66. The molecule has 12 heteroatoms. The molecular weight excluding hydrogens is 432 g/mol. The van der Waals surface area contributed by atoms with E-state index < -0.39 is 0 Å². The van der Waals surface area contributed by atoms with Gasteiger partial charge in [0.25, 0.3) is 5.78 Å². The third-order valence-electron chi connectivity index (χ3n) is 5.53. The van der Waals surface area contributed by atoms with Gasteiger partial charge in [-0.25, -0.2) is 9.50 Å². The van der Waals surface area contributed by atoms with Crippen molar-refractivity contribution in [3.63, 3.8) is 0 Å². The predicted octanol–water partition coefficient (Wildman–Crippen LogP) is 1.08. The van der Waals surface area contributed by atoms with Gasteiger partial charge in [0, 0.05) is 49.2 Å². The van der Waals surface area contributed by atoms with Crippen molar-refractivity contribution >= 4 is 35.2 Å². The first-order chi connectivity index (χ1) is 15.3. The molecule has 0 aromatic carbocycles. The van der Waals surface area contributed by atoms with Crippen LogP contribution in [0.15, 0.2) is 15.7 Å². The highest BCUT2D eigenvalue weighted by molar-refractivity contribution is 7.98. The molecule has 1 saturated heterocycles. The summed E-state index contributed by atoms with van der Waals surface area (Å²) in [5.74, 6) is 1.49. The molecule has 1 aliphatic rings. The first-order valence-electron chi connectivity index (χ1n) is 10.3. The van der Waals surface area contributed by atoms with Gasteiger partial charge in [-0.05, 0) is 27.0 Å². The SMILES string of the molecule is CSc1nc2nc(C)c(CC(=O)N3CCN(CC(=O)Nc4cc(C)on4)CC3)c(C)n2n1. The molecule has 0 bridgehead atoms. The van der Waals surface area contributed by atoms with Crippen molar-refractivity contribution in [1.82, 2.24) is 34.5 Å². The first-order valence-corrected chi connectivity index (χ1v) is 11.6. The standard InChI is InChI=1S/C20H26N8O3S/c1-12-9-16(25-31-12)22-17(29)11-26-5-7-27(8-6-26)18(30)10-15-13(2)21-19-23-20(32-4)24-28(19)14(15)3/h9H,5-8,10-11H2,1-4H3,(H,22,25,29). The van der Waals surface area contributed by atoms with E-state index in [-0.39, 0.29) is 24.8 Å². The molecule has 4 rings (SSSR count). The molecule has 0 saturated carbocycles. The van der Waals surface area contributed by atoms with Gasteiger partial charge in [0.15, 0.2) is 5.82 Å². The molecule has 1 N–H and O–H groups in total. The summed E-state index contributed by atoms with van der Waals surface area (Å²) in [6, 6.07) is 1.67. The Balaban J connectivity index is 1.33. The Morgan fingerprint density at radius 2 is 1.91 bits per heavy atom. The number of amides is 2. The number of carbonyl (C=O) groups excluding carboxylic acids is 2. The van der Waals surface area contributed by atoms with E-state index >= 15 is 0 Å². The normalized spacial score (nSPS) is 14.8. The number of aromatic nitrogens is 5. The fraction of sp³-hybridized carbons (Fsp3) is 0.500. The average Bonchev–Trinajstić information content (AvgIpc) is 3.37. The van der Waals surface area contributed by atoms with Crippen molar-refractivity contribution in [1.29, 1.82) is 0 Å². The molecule has 32 heavy (non-hydrogen) atoms.